The van der Waals surface area contributed by atoms with Gasteiger partial charge in [0.2, 0.25) is 0 Å². The predicted octanol–water partition coefficient (Wildman–Crippen LogP) is 1.85. The summed E-state index contributed by atoms with van der Waals surface area (Å²) in [4.78, 5) is 0. The Morgan fingerprint density at radius 3 is 2.74 bits per heavy atom. The molecule has 0 bridgehead atoms. The predicted molar refractivity (Wildman–Crippen MR) is 73.2 cm³/mol. The van der Waals surface area contributed by atoms with Gasteiger partial charge in [0.05, 0.1) is 6.26 Å². The van der Waals surface area contributed by atoms with Gasteiger partial charge in [-0.15, -0.1) is 0 Å². The largest absolute Gasteiger partial charge is 0.491 e. The van der Waals surface area contributed by atoms with Crippen molar-refractivity contribution in [3.63, 3.8) is 0 Å². The first kappa shape index (κ1) is 13.6. The molecule has 0 radical (unpaired) electrons. The second kappa shape index (κ2) is 7.61. The number of hydrogen-bond acceptors (Lipinski definition) is 4. The molecule has 19 heavy (non-hydrogen) atoms. The third-order valence-corrected chi connectivity index (χ3v) is 2.69. The lowest BCUT2D eigenvalue weighted by molar-refractivity contribution is 0.106. The van der Waals surface area contributed by atoms with E-state index in [1.165, 1.54) is 0 Å². The van der Waals surface area contributed by atoms with Gasteiger partial charge < -0.3 is 19.6 Å². The first-order chi connectivity index (χ1) is 9.34. The van der Waals surface area contributed by atoms with Gasteiger partial charge in [-0.2, -0.15) is 0 Å². The second-order valence-electron chi connectivity index (χ2n) is 4.31. The number of nitrogens with one attached hydrogen (secondary N) is 1. The van der Waals surface area contributed by atoms with Crippen LogP contribution in [0.5, 0.6) is 5.75 Å². The highest BCUT2D eigenvalue weighted by Crippen LogP contribution is 2.08. The summed E-state index contributed by atoms with van der Waals surface area (Å²) in [7, 11) is 0. The van der Waals surface area contributed by atoms with Crippen molar-refractivity contribution in [1.82, 2.24) is 5.32 Å². The van der Waals surface area contributed by atoms with Gasteiger partial charge in [0.1, 0.15) is 24.2 Å². The van der Waals surface area contributed by atoms with Crippen molar-refractivity contribution < 1.29 is 14.3 Å². The summed E-state index contributed by atoms with van der Waals surface area (Å²) >= 11 is 0. The smallest absolute Gasteiger partial charge is 0.119 e. The Labute approximate surface area is 113 Å². The molecule has 0 aliphatic rings. The molecule has 0 aliphatic heterocycles. The lowest BCUT2D eigenvalue weighted by atomic mass is 10.3. The van der Waals surface area contributed by atoms with Crippen LogP contribution in [-0.4, -0.2) is 30.9 Å². The molecular weight excluding hydrogens is 242 g/mol. The molecule has 2 N–H and O–H groups in total. The minimum Gasteiger partial charge on any atom is -0.491 e. The van der Waals surface area contributed by atoms with Crippen LogP contribution >= 0.6 is 0 Å². The van der Waals surface area contributed by atoms with Crippen molar-refractivity contribution in [1.29, 1.82) is 0 Å². The quantitative estimate of drug-likeness (QED) is 0.712. The summed E-state index contributed by atoms with van der Waals surface area (Å²) in [6, 6.07) is 13.3. The number of rotatable bonds is 8. The maximum absolute atomic E-state index is 9.76. The summed E-state index contributed by atoms with van der Waals surface area (Å²) in [5.74, 6) is 1.72. The molecule has 102 valence electrons. The molecule has 1 aromatic carbocycles. The van der Waals surface area contributed by atoms with Crippen LogP contribution in [0.3, 0.4) is 0 Å². The Morgan fingerprint density at radius 2 is 2.00 bits per heavy atom. The minimum atomic E-state index is -0.517. The Hall–Kier alpha value is -1.78. The Bertz CT molecular complexity index is 442. The highest BCUT2D eigenvalue weighted by Gasteiger charge is 2.04. The van der Waals surface area contributed by atoms with Gasteiger partial charge in [0, 0.05) is 19.5 Å². The van der Waals surface area contributed by atoms with Crippen LogP contribution in [0.2, 0.25) is 0 Å². The van der Waals surface area contributed by atoms with Gasteiger partial charge in [-0.3, -0.25) is 0 Å². The maximum Gasteiger partial charge on any atom is 0.119 e. The lowest BCUT2D eigenvalue weighted by Gasteiger charge is -2.12. The molecule has 2 rings (SSSR count). The summed E-state index contributed by atoms with van der Waals surface area (Å²) in [6.07, 6.45) is 1.97. The molecule has 4 heteroatoms. The second-order valence-corrected chi connectivity index (χ2v) is 4.31. The van der Waals surface area contributed by atoms with E-state index >= 15 is 0 Å². The summed E-state index contributed by atoms with van der Waals surface area (Å²) < 4.78 is 10.7. The third-order valence-electron chi connectivity index (χ3n) is 2.69. The van der Waals surface area contributed by atoms with Gasteiger partial charge >= 0.3 is 0 Å². The van der Waals surface area contributed by atoms with Gasteiger partial charge in [0.15, 0.2) is 0 Å². The van der Waals surface area contributed by atoms with Gasteiger partial charge in [-0.25, -0.2) is 0 Å². The fourth-order valence-electron chi connectivity index (χ4n) is 1.70. The van der Waals surface area contributed by atoms with E-state index < -0.39 is 6.10 Å². The van der Waals surface area contributed by atoms with Crippen LogP contribution in [-0.2, 0) is 6.42 Å². The van der Waals surface area contributed by atoms with E-state index in [-0.39, 0.29) is 6.61 Å². The topological polar surface area (TPSA) is 54.6 Å². The van der Waals surface area contributed by atoms with Crippen molar-refractivity contribution in [2.24, 2.45) is 0 Å². The molecule has 2 aromatic rings. The number of ether oxygens (including phenoxy) is 1. The number of furan rings is 1. The van der Waals surface area contributed by atoms with Crippen LogP contribution < -0.4 is 10.1 Å². The summed E-state index contributed by atoms with van der Waals surface area (Å²) in [5.41, 5.74) is 0. The van der Waals surface area contributed by atoms with Crippen LogP contribution in [0.15, 0.2) is 53.1 Å². The zero-order chi connectivity index (χ0) is 13.3. The van der Waals surface area contributed by atoms with Crippen LogP contribution in [0.4, 0.5) is 0 Å². The number of aliphatic hydroxyl groups excluding tert-OH is 1. The third kappa shape index (κ3) is 5.16. The molecule has 0 saturated heterocycles. The van der Waals surface area contributed by atoms with Crippen molar-refractivity contribution >= 4 is 0 Å². The normalized spacial score (nSPS) is 12.3. The highest BCUT2D eigenvalue weighted by atomic mass is 16.5. The standard InChI is InChI=1S/C15H19NO3/c17-13(12-19-14-5-2-1-3-6-14)11-16-9-8-15-7-4-10-18-15/h1-7,10,13,16-17H,8-9,11-12H2. The number of aliphatic hydroxyl groups is 1. The summed E-state index contributed by atoms with van der Waals surface area (Å²) in [6.45, 7) is 1.57. The first-order valence-electron chi connectivity index (χ1n) is 6.43. The molecule has 0 fully saturated rings. The van der Waals surface area contributed by atoms with Gasteiger partial charge in [0.25, 0.3) is 0 Å². The average Bonchev–Trinajstić information content (AvgIpc) is 2.96. The zero-order valence-corrected chi connectivity index (χ0v) is 10.8. The maximum atomic E-state index is 9.76. The number of benzene rings is 1. The average molecular weight is 261 g/mol. The molecule has 4 nitrogen and oxygen atoms in total. The minimum absolute atomic E-state index is 0.289. The molecule has 1 unspecified atom stereocenters. The van der Waals surface area contributed by atoms with E-state index in [0.717, 1.165) is 24.5 Å². The van der Waals surface area contributed by atoms with E-state index in [4.69, 9.17) is 9.15 Å². The Kier molecular flexibility index (Phi) is 5.47. The van der Waals surface area contributed by atoms with E-state index in [0.29, 0.717) is 6.54 Å². The fourth-order valence-corrected chi connectivity index (χ4v) is 1.70. The highest BCUT2D eigenvalue weighted by molar-refractivity contribution is 5.20. The SMILES string of the molecule is OC(CNCCc1ccco1)COc1ccccc1. The number of para-hydroxylation sites is 1. The van der Waals surface area contributed by atoms with Crippen LogP contribution in [0.1, 0.15) is 5.76 Å². The van der Waals surface area contributed by atoms with E-state index in [1.807, 2.05) is 42.5 Å². The van der Waals surface area contributed by atoms with Crippen LogP contribution in [0.25, 0.3) is 0 Å². The monoisotopic (exact) mass is 261 g/mol. The lowest BCUT2D eigenvalue weighted by Crippen LogP contribution is -2.32. The molecule has 1 aromatic heterocycles. The van der Waals surface area contributed by atoms with E-state index in [1.54, 1.807) is 6.26 Å². The summed E-state index contributed by atoms with van der Waals surface area (Å²) in [5, 5.41) is 12.9. The van der Waals surface area contributed by atoms with Crippen molar-refractivity contribution in [2.75, 3.05) is 19.7 Å². The van der Waals surface area contributed by atoms with Crippen molar-refractivity contribution in [2.45, 2.75) is 12.5 Å². The molecule has 1 atom stereocenters. The fraction of sp³-hybridized carbons (Fsp3) is 0.333. The molecule has 1 heterocycles. The molecule has 0 aliphatic carbocycles. The molecule has 0 saturated carbocycles. The van der Waals surface area contributed by atoms with Crippen molar-refractivity contribution in [3.8, 4) is 5.75 Å². The zero-order valence-electron chi connectivity index (χ0n) is 10.8. The Balaban J connectivity index is 1.56. The van der Waals surface area contributed by atoms with Gasteiger partial charge in [-0.05, 0) is 24.3 Å². The van der Waals surface area contributed by atoms with Gasteiger partial charge in [-0.1, -0.05) is 18.2 Å². The Morgan fingerprint density at radius 1 is 1.16 bits per heavy atom. The van der Waals surface area contributed by atoms with Crippen molar-refractivity contribution in [3.05, 3.63) is 54.5 Å². The first-order valence-corrected chi connectivity index (χ1v) is 6.43. The molecule has 0 amide bonds. The number of hydrogen-bond donors (Lipinski definition) is 2. The van der Waals surface area contributed by atoms with Crippen LogP contribution in [0, 0.1) is 0 Å². The molecule has 0 spiro atoms. The van der Waals surface area contributed by atoms with E-state index in [9.17, 15) is 5.11 Å². The van der Waals surface area contributed by atoms with E-state index in [2.05, 4.69) is 5.32 Å². The molecular formula is C15H19NO3.